The first-order chi connectivity index (χ1) is 11.4. The molecule has 1 saturated carbocycles. The Kier molecular flexibility index (Phi) is 4.19. The summed E-state index contributed by atoms with van der Waals surface area (Å²) >= 11 is 0. The quantitative estimate of drug-likeness (QED) is 0.942. The molecule has 1 spiro atoms. The van der Waals surface area contributed by atoms with Crippen molar-refractivity contribution in [1.29, 1.82) is 0 Å². The lowest BCUT2D eigenvalue weighted by molar-refractivity contribution is 0.0199. The third kappa shape index (κ3) is 3.06. The van der Waals surface area contributed by atoms with Crippen LogP contribution in [0.15, 0.2) is 41.0 Å². The van der Waals surface area contributed by atoms with Crippen LogP contribution in [0.3, 0.4) is 0 Å². The van der Waals surface area contributed by atoms with Crippen LogP contribution in [0.1, 0.15) is 37.8 Å². The van der Waals surface area contributed by atoms with Crippen molar-refractivity contribution in [2.45, 2.75) is 44.2 Å². The predicted molar refractivity (Wildman–Crippen MR) is 91.0 cm³/mol. The van der Waals surface area contributed by atoms with Gasteiger partial charge in [0.1, 0.15) is 6.26 Å². The fourth-order valence-electron chi connectivity index (χ4n) is 4.12. The number of nitrogens with zero attached hydrogens (tertiary/aromatic N) is 2. The first-order valence-corrected chi connectivity index (χ1v) is 8.81. The Morgan fingerprint density at radius 1 is 1.13 bits per heavy atom. The Morgan fingerprint density at radius 3 is 2.78 bits per heavy atom. The van der Waals surface area contributed by atoms with Gasteiger partial charge in [0, 0.05) is 37.3 Å². The zero-order chi connectivity index (χ0) is 15.5. The van der Waals surface area contributed by atoms with Gasteiger partial charge in [-0.05, 0) is 25.0 Å². The molecule has 0 unspecified atom stereocenters. The van der Waals surface area contributed by atoms with Gasteiger partial charge in [0.2, 0.25) is 5.89 Å². The normalized spacial score (nSPS) is 21.6. The lowest BCUT2D eigenvalue weighted by Crippen LogP contribution is -2.61. The minimum Gasteiger partial charge on any atom is -0.444 e. The SMILES string of the molecule is c1ccc(-c2nc(CN3CCNCC34CCCCC4)co2)cc1. The third-order valence-corrected chi connectivity index (χ3v) is 5.39. The van der Waals surface area contributed by atoms with Crippen LogP contribution in [0.5, 0.6) is 0 Å². The van der Waals surface area contributed by atoms with Gasteiger partial charge in [-0.3, -0.25) is 4.90 Å². The number of aromatic nitrogens is 1. The number of benzene rings is 1. The first kappa shape index (κ1) is 14.9. The van der Waals surface area contributed by atoms with E-state index in [4.69, 9.17) is 9.40 Å². The van der Waals surface area contributed by atoms with Crippen molar-refractivity contribution < 1.29 is 4.42 Å². The molecule has 0 bridgehead atoms. The number of nitrogens with one attached hydrogen (secondary N) is 1. The fourth-order valence-corrected chi connectivity index (χ4v) is 4.12. The average Bonchev–Trinajstić information content (AvgIpc) is 3.07. The molecule has 1 saturated heterocycles. The number of rotatable bonds is 3. The summed E-state index contributed by atoms with van der Waals surface area (Å²) in [5.41, 5.74) is 2.43. The van der Waals surface area contributed by atoms with E-state index in [1.54, 1.807) is 0 Å². The highest BCUT2D eigenvalue weighted by molar-refractivity contribution is 5.52. The monoisotopic (exact) mass is 311 g/mol. The number of hydrogen-bond donors (Lipinski definition) is 1. The average molecular weight is 311 g/mol. The third-order valence-electron chi connectivity index (χ3n) is 5.39. The first-order valence-electron chi connectivity index (χ1n) is 8.81. The molecule has 2 aliphatic rings. The van der Waals surface area contributed by atoms with E-state index in [0.29, 0.717) is 5.54 Å². The Bertz CT molecular complexity index is 623. The molecule has 1 aromatic heterocycles. The number of piperazine rings is 1. The van der Waals surface area contributed by atoms with Crippen LogP contribution >= 0.6 is 0 Å². The molecule has 0 amide bonds. The summed E-state index contributed by atoms with van der Waals surface area (Å²) in [6.45, 7) is 4.20. The lowest BCUT2D eigenvalue weighted by Gasteiger charge is -2.49. The highest BCUT2D eigenvalue weighted by atomic mass is 16.3. The van der Waals surface area contributed by atoms with E-state index < -0.39 is 0 Å². The van der Waals surface area contributed by atoms with E-state index in [0.717, 1.165) is 43.3 Å². The zero-order valence-corrected chi connectivity index (χ0v) is 13.6. The fraction of sp³-hybridized carbons (Fsp3) is 0.526. The van der Waals surface area contributed by atoms with Gasteiger partial charge in [-0.2, -0.15) is 0 Å². The van der Waals surface area contributed by atoms with E-state index >= 15 is 0 Å². The van der Waals surface area contributed by atoms with Gasteiger partial charge in [-0.25, -0.2) is 4.98 Å². The molecular formula is C19H25N3O. The predicted octanol–water partition coefficient (Wildman–Crippen LogP) is 3.45. The second-order valence-corrected chi connectivity index (χ2v) is 6.89. The summed E-state index contributed by atoms with van der Waals surface area (Å²) < 4.78 is 5.71. The van der Waals surface area contributed by atoms with Gasteiger partial charge < -0.3 is 9.73 Å². The molecule has 4 heteroatoms. The molecule has 4 rings (SSSR count). The van der Waals surface area contributed by atoms with Gasteiger partial charge in [0.15, 0.2) is 0 Å². The molecule has 23 heavy (non-hydrogen) atoms. The number of oxazole rings is 1. The van der Waals surface area contributed by atoms with Gasteiger partial charge in [-0.15, -0.1) is 0 Å². The minimum absolute atomic E-state index is 0.336. The van der Waals surface area contributed by atoms with E-state index in [2.05, 4.69) is 10.2 Å². The van der Waals surface area contributed by atoms with Crippen molar-refractivity contribution in [3.63, 3.8) is 0 Å². The summed E-state index contributed by atoms with van der Waals surface area (Å²) in [6, 6.07) is 10.1. The van der Waals surface area contributed by atoms with E-state index in [-0.39, 0.29) is 0 Å². The molecule has 1 N–H and O–H groups in total. The van der Waals surface area contributed by atoms with Gasteiger partial charge in [0.05, 0.1) is 5.69 Å². The molecule has 1 aliphatic heterocycles. The maximum absolute atomic E-state index is 5.71. The second-order valence-electron chi connectivity index (χ2n) is 6.89. The number of hydrogen-bond acceptors (Lipinski definition) is 4. The van der Waals surface area contributed by atoms with Crippen molar-refractivity contribution >= 4 is 0 Å². The van der Waals surface area contributed by atoms with Crippen LogP contribution in [0.2, 0.25) is 0 Å². The zero-order valence-electron chi connectivity index (χ0n) is 13.6. The topological polar surface area (TPSA) is 41.3 Å². The van der Waals surface area contributed by atoms with Crippen LogP contribution in [-0.2, 0) is 6.54 Å². The minimum atomic E-state index is 0.336. The second kappa shape index (κ2) is 6.46. The standard InChI is InChI=1S/C19H25N3O/c1-3-7-16(8-4-1)18-21-17(14-23-18)13-22-12-11-20-15-19(22)9-5-2-6-10-19/h1,3-4,7-8,14,20H,2,5-6,9-13,15H2. The van der Waals surface area contributed by atoms with Crippen molar-refractivity contribution in [3.05, 3.63) is 42.3 Å². The molecule has 0 atom stereocenters. The Hall–Kier alpha value is -1.65. The summed E-state index contributed by atoms with van der Waals surface area (Å²) in [7, 11) is 0. The molecule has 1 aliphatic carbocycles. The van der Waals surface area contributed by atoms with Gasteiger partial charge in [-0.1, -0.05) is 37.5 Å². The molecule has 2 fully saturated rings. The van der Waals surface area contributed by atoms with Crippen LogP contribution in [0, 0.1) is 0 Å². The molecule has 1 aromatic carbocycles. The summed E-state index contributed by atoms with van der Waals surface area (Å²) in [4.78, 5) is 7.37. The largest absolute Gasteiger partial charge is 0.444 e. The molecule has 2 aromatic rings. The summed E-state index contributed by atoms with van der Waals surface area (Å²) in [5, 5.41) is 3.61. The van der Waals surface area contributed by atoms with Crippen molar-refractivity contribution in [3.8, 4) is 11.5 Å². The van der Waals surface area contributed by atoms with Crippen LogP contribution in [0.25, 0.3) is 11.5 Å². The Labute approximate surface area is 137 Å². The Morgan fingerprint density at radius 2 is 1.96 bits per heavy atom. The molecule has 0 radical (unpaired) electrons. The maximum atomic E-state index is 5.71. The summed E-state index contributed by atoms with van der Waals surface area (Å²) in [6.07, 6.45) is 8.55. The van der Waals surface area contributed by atoms with E-state index in [1.807, 2.05) is 36.6 Å². The maximum Gasteiger partial charge on any atom is 0.226 e. The molecular weight excluding hydrogens is 286 g/mol. The van der Waals surface area contributed by atoms with Gasteiger partial charge in [0.25, 0.3) is 0 Å². The van der Waals surface area contributed by atoms with E-state index in [9.17, 15) is 0 Å². The molecule has 2 heterocycles. The molecule has 4 nitrogen and oxygen atoms in total. The summed E-state index contributed by atoms with van der Waals surface area (Å²) in [5.74, 6) is 0.730. The Balaban J connectivity index is 1.51. The van der Waals surface area contributed by atoms with E-state index in [1.165, 1.54) is 32.1 Å². The smallest absolute Gasteiger partial charge is 0.226 e. The van der Waals surface area contributed by atoms with Gasteiger partial charge >= 0.3 is 0 Å². The van der Waals surface area contributed by atoms with Crippen molar-refractivity contribution in [2.24, 2.45) is 0 Å². The highest BCUT2D eigenvalue weighted by Gasteiger charge is 2.39. The lowest BCUT2D eigenvalue weighted by atomic mass is 9.79. The highest BCUT2D eigenvalue weighted by Crippen LogP contribution is 2.35. The van der Waals surface area contributed by atoms with Crippen molar-refractivity contribution in [2.75, 3.05) is 19.6 Å². The van der Waals surface area contributed by atoms with Crippen LogP contribution in [0.4, 0.5) is 0 Å². The van der Waals surface area contributed by atoms with Crippen LogP contribution in [-0.4, -0.2) is 35.1 Å². The van der Waals surface area contributed by atoms with Crippen molar-refractivity contribution in [1.82, 2.24) is 15.2 Å². The van der Waals surface area contributed by atoms with Crippen LogP contribution < -0.4 is 5.32 Å². The molecule has 122 valence electrons.